The summed E-state index contributed by atoms with van der Waals surface area (Å²) in [6.45, 7) is 0. The standard InChI is InChI=1S/C14H11NO2S/c16-14-11-6-1-2-7-12(11)18-13(17-14)9-10-5-3-4-8-15-10/h1-8,13H,9H2. The van der Waals surface area contributed by atoms with Crippen molar-refractivity contribution in [3.63, 3.8) is 0 Å². The molecule has 90 valence electrons. The van der Waals surface area contributed by atoms with Gasteiger partial charge in [-0.25, -0.2) is 4.79 Å². The lowest BCUT2D eigenvalue weighted by Crippen LogP contribution is -2.23. The summed E-state index contributed by atoms with van der Waals surface area (Å²) in [6, 6.07) is 13.3. The number of esters is 1. The summed E-state index contributed by atoms with van der Waals surface area (Å²) in [5.74, 6) is -0.245. The molecule has 1 atom stereocenters. The number of carbonyl (C=O) groups is 1. The minimum atomic E-state index is -0.245. The number of hydrogen-bond donors (Lipinski definition) is 0. The van der Waals surface area contributed by atoms with Crippen molar-refractivity contribution in [1.29, 1.82) is 0 Å². The molecule has 4 heteroatoms. The average molecular weight is 257 g/mol. The highest BCUT2D eigenvalue weighted by Gasteiger charge is 2.26. The van der Waals surface area contributed by atoms with E-state index in [-0.39, 0.29) is 11.4 Å². The Morgan fingerprint density at radius 2 is 2.00 bits per heavy atom. The molecule has 3 rings (SSSR count). The Bertz CT molecular complexity index is 571. The summed E-state index contributed by atoms with van der Waals surface area (Å²) >= 11 is 1.57. The largest absolute Gasteiger partial charge is 0.447 e. The van der Waals surface area contributed by atoms with Crippen molar-refractivity contribution < 1.29 is 9.53 Å². The van der Waals surface area contributed by atoms with Crippen LogP contribution in [0.5, 0.6) is 0 Å². The van der Waals surface area contributed by atoms with Crippen molar-refractivity contribution >= 4 is 17.7 Å². The fourth-order valence-corrected chi connectivity index (χ4v) is 2.97. The Kier molecular flexibility index (Phi) is 3.02. The highest BCUT2D eigenvalue weighted by Crippen LogP contribution is 2.34. The molecule has 1 aliphatic rings. The van der Waals surface area contributed by atoms with E-state index in [2.05, 4.69) is 4.98 Å². The maximum atomic E-state index is 11.8. The van der Waals surface area contributed by atoms with Crippen molar-refractivity contribution in [1.82, 2.24) is 4.98 Å². The third kappa shape index (κ3) is 2.24. The maximum absolute atomic E-state index is 11.8. The van der Waals surface area contributed by atoms with Gasteiger partial charge in [-0.3, -0.25) is 4.98 Å². The summed E-state index contributed by atoms with van der Waals surface area (Å²) in [6.07, 6.45) is 2.38. The molecule has 3 nitrogen and oxygen atoms in total. The van der Waals surface area contributed by atoms with Gasteiger partial charge in [0.25, 0.3) is 0 Å². The van der Waals surface area contributed by atoms with E-state index >= 15 is 0 Å². The van der Waals surface area contributed by atoms with Gasteiger partial charge in [-0.15, -0.1) is 0 Å². The Hall–Kier alpha value is -1.81. The van der Waals surface area contributed by atoms with Crippen LogP contribution in [0.2, 0.25) is 0 Å². The highest BCUT2D eigenvalue weighted by atomic mass is 32.2. The Balaban J connectivity index is 1.80. The van der Waals surface area contributed by atoms with Crippen molar-refractivity contribution in [3.8, 4) is 0 Å². The van der Waals surface area contributed by atoms with Crippen LogP contribution in [0.3, 0.4) is 0 Å². The molecule has 1 aromatic carbocycles. The zero-order valence-corrected chi connectivity index (χ0v) is 10.4. The molecule has 0 N–H and O–H groups in total. The molecule has 0 amide bonds. The number of aromatic nitrogens is 1. The average Bonchev–Trinajstić information content (AvgIpc) is 2.40. The van der Waals surface area contributed by atoms with Crippen LogP contribution >= 0.6 is 11.8 Å². The quantitative estimate of drug-likeness (QED) is 0.775. The Morgan fingerprint density at radius 1 is 1.17 bits per heavy atom. The maximum Gasteiger partial charge on any atom is 0.340 e. The first kappa shape index (κ1) is 11.3. The summed E-state index contributed by atoms with van der Waals surface area (Å²) in [4.78, 5) is 17.1. The number of nitrogens with zero attached hydrogens (tertiary/aromatic N) is 1. The van der Waals surface area contributed by atoms with Gasteiger partial charge in [-0.2, -0.15) is 0 Å². The van der Waals surface area contributed by atoms with Crippen LogP contribution in [0.15, 0.2) is 53.6 Å². The number of carbonyl (C=O) groups excluding carboxylic acids is 1. The number of thioether (sulfide) groups is 1. The lowest BCUT2D eigenvalue weighted by atomic mass is 10.2. The monoisotopic (exact) mass is 257 g/mol. The molecule has 0 aliphatic carbocycles. The highest BCUT2D eigenvalue weighted by molar-refractivity contribution is 8.00. The molecule has 0 saturated carbocycles. The normalized spacial score (nSPS) is 18.0. The molecule has 0 radical (unpaired) electrons. The predicted octanol–water partition coefficient (Wildman–Crippen LogP) is 2.91. The molecule has 2 aromatic rings. The number of pyridine rings is 1. The van der Waals surface area contributed by atoms with Crippen molar-refractivity contribution in [2.24, 2.45) is 0 Å². The topological polar surface area (TPSA) is 39.2 Å². The predicted molar refractivity (Wildman–Crippen MR) is 69.4 cm³/mol. The lowest BCUT2D eigenvalue weighted by molar-refractivity contribution is 0.0441. The van der Waals surface area contributed by atoms with Gasteiger partial charge >= 0.3 is 5.97 Å². The van der Waals surface area contributed by atoms with E-state index in [1.54, 1.807) is 24.0 Å². The molecular weight excluding hydrogens is 246 g/mol. The number of hydrogen-bond acceptors (Lipinski definition) is 4. The zero-order valence-electron chi connectivity index (χ0n) is 9.58. The second-order valence-corrected chi connectivity index (χ2v) is 5.18. The lowest BCUT2D eigenvalue weighted by Gasteiger charge is -2.23. The van der Waals surface area contributed by atoms with Gasteiger partial charge in [-0.05, 0) is 24.3 Å². The van der Waals surface area contributed by atoms with Crippen LogP contribution in [-0.2, 0) is 11.2 Å². The molecule has 1 aliphatic heterocycles. The third-order valence-electron chi connectivity index (χ3n) is 2.71. The fraction of sp³-hybridized carbons (Fsp3) is 0.143. The molecule has 1 unspecified atom stereocenters. The fourth-order valence-electron chi connectivity index (χ4n) is 1.86. The SMILES string of the molecule is O=C1OC(Cc2ccccn2)Sc2ccccc21. The van der Waals surface area contributed by atoms with E-state index in [9.17, 15) is 4.79 Å². The number of ether oxygens (including phenoxy) is 1. The van der Waals surface area contributed by atoms with Crippen molar-refractivity contribution in [2.75, 3.05) is 0 Å². The van der Waals surface area contributed by atoms with E-state index < -0.39 is 0 Å². The van der Waals surface area contributed by atoms with E-state index in [1.165, 1.54) is 0 Å². The van der Waals surface area contributed by atoms with Gasteiger partial charge < -0.3 is 4.74 Å². The van der Waals surface area contributed by atoms with E-state index in [0.29, 0.717) is 12.0 Å². The number of benzene rings is 1. The van der Waals surface area contributed by atoms with Crippen LogP contribution in [0.4, 0.5) is 0 Å². The van der Waals surface area contributed by atoms with Gasteiger partial charge in [-0.1, -0.05) is 30.0 Å². The van der Waals surface area contributed by atoms with Crippen LogP contribution < -0.4 is 0 Å². The molecule has 18 heavy (non-hydrogen) atoms. The summed E-state index contributed by atoms with van der Waals surface area (Å²) in [5.41, 5.74) is 1.39. The molecule has 0 saturated heterocycles. The first-order chi connectivity index (χ1) is 8.83. The van der Waals surface area contributed by atoms with Crippen molar-refractivity contribution in [2.45, 2.75) is 16.8 Å². The molecule has 0 fully saturated rings. The van der Waals surface area contributed by atoms with E-state index in [0.717, 1.165) is 10.6 Å². The van der Waals surface area contributed by atoms with Crippen molar-refractivity contribution in [3.05, 3.63) is 59.9 Å². The van der Waals surface area contributed by atoms with Crippen LogP contribution in [0, 0.1) is 0 Å². The summed E-state index contributed by atoms with van der Waals surface area (Å²) < 4.78 is 5.40. The van der Waals surface area contributed by atoms with E-state index in [1.807, 2.05) is 36.4 Å². The first-order valence-corrected chi connectivity index (χ1v) is 6.57. The second-order valence-electron chi connectivity index (χ2n) is 3.97. The number of fused-ring (bicyclic) bond motifs is 1. The summed E-state index contributed by atoms with van der Waals surface area (Å²) in [5, 5.41) is 0. The Morgan fingerprint density at radius 3 is 2.83 bits per heavy atom. The molecule has 1 aromatic heterocycles. The minimum Gasteiger partial charge on any atom is -0.447 e. The first-order valence-electron chi connectivity index (χ1n) is 5.69. The smallest absolute Gasteiger partial charge is 0.340 e. The minimum absolute atomic E-state index is 0.192. The number of rotatable bonds is 2. The van der Waals surface area contributed by atoms with Crippen LogP contribution in [0.1, 0.15) is 16.1 Å². The molecule has 0 bridgehead atoms. The number of cyclic esters (lactones) is 1. The van der Waals surface area contributed by atoms with Gasteiger partial charge in [0.2, 0.25) is 0 Å². The third-order valence-corrected chi connectivity index (χ3v) is 3.84. The zero-order chi connectivity index (χ0) is 12.4. The van der Waals surface area contributed by atoms with Gasteiger partial charge in [0.05, 0.1) is 5.56 Å². The Labute approximate surface area is 109 Å². The summed E-state index contributed by atoms with van der Waals surface area (Å²) in [7, 11) is 0. The molecular formula is C14H11NO2S. The molecule has 0 spiro atoms. The van der Waals surface area contributed by atoms with Crippen LogP contribution in [-0.4, -0.2) is 16.4 Å². The van der Waals surface area contributed by atoms with Gasteiger partial charge in [0, 0.05) is 23.2 Å². The van der Waals surface area contributed by atoms with Gasteiger partial charge in [0.1, 0.15) is 0 Å². The van der Waals surface area contributed by atoms with Crippen LogP contribution in [0.25, 0.3) is 0 Å². The van der Waals surface area contributed by atoms with Gasteiger partial charge in [0.15, 0.2) is 5.44 Å². The van der Waals surface area contributed by atoms with E-state index in [4.69, 9.17) is 4.74 Å². The molecule has 2 heterocycles. The second kappa shape index (κ2) is 4.82.